The highest BCUT2D eigenvalue weighted by Crippen LogP contribution is 2.41. The molecule has 0 radical (unpaired) electrons. The van der Waals surface area contributed by atoms with Crippen LogP contribution in [0.15, 0.2) is 41.8 Å². The first-order chi connectivity index (χ1) is 12.3. The standard InChI is InChI=1S/C20H23NO3S/c22-19(17-13-23-15-7-2-3-8-16(15)24-17)21-14-20(10-4-1-5-11-20)18-9-6-12-25-18/h2-3,6-9,12,17H,1,4-5,10-11,13-14H2,(H,21,22). The van der Waals surface area contributed by atoms with Crippen molar-refractivity contribution in [3.63, 3.8) is 0 Å². The highest BCUT2D eigenvalue weighted by molar-refractivity contribution is 7.10. The zero-order valence-corrected chi connectivity index (χ0v) is 15.0. The maximum absolute atomic E-state index is 12.6. The Kier molecular flexibility index (Phi) is 4.66. The molecule has 0 spiro atoms. The number of ether oxygens (including phenoxy) is 2. The van der Waals surface area contributed by atoms with Crippen LogP contribution in [0.3, 0.4) is 0 Å². The van der Waals surface area contributed by atoms with Crippen molar-refractivity contribution in [3.8, 4) is 11.5 Å². The monoisotopic (exact) mass is 357 g/mol. The molecule has 0 bridgehead atoms. The molecule has 25 heavy (non-hydrogen) atoms. The van der Waals surface area contributed by atoms with Gasteiger partial charge >= 0.3 is 0 Å². The van der Waals surface area contributed by atoms with E-state index in [1.54, 1.807) is 11.3 Å². The number of carbonyl (C=O) groups is 1. The molecule has 4 nitrogen and oxygen atoms in total. The van der Waals surface area contributed by atoms with Crippen LogP contribution in [-0.2, 0) is 10.2 Å². The molecule has 0 saturated heterocycles. The first kappa shape index (κ1) is 16.5. The number of amides is 1. The predicted octanol–water partition coefficient (Wildman–Crippen LogP) is 3.91. The molecular formula is C20H23NO3S. The zero-order chi connectivity index (χ0) is 17.1. The smallest absolute Gasteiger partial charge is 0.264 e. The van der Waals surface area contributed by atoms with Gasteiger partial charge in [0.25, 0.3) is 5.91 Å². The van der Waals surface area contributed by atoms with E-state index in [0.29, 0.717) is 18.0 Å². The molecule has 1 amide bonds. The van der Waals surface area contributed by atoms with Crippen molar-refractivity contribution in [2.75, 3.05) is 13.2 Å². The molecule has 132 valence electrons. The summed E-state index contributed by atoms with van der Waals surface area (Å²) in [6, 6.07) is 11.8. The summed E-state index contributed by atoms with van der Waals surface area (Å²) in [5.74, 6) is 1.25. The van der Waals surface area contributed by atoms with Crippen molar-refractivity contribution < 1.29 is 14.3 Å². The number of para-hydroxylation sites is 2. The van der Waals surface area contributed by atoms with E-state index in [2.05, 4.69) is 22.8 Å². The van der Waals surface area contributed by atoms with Gasteiger partial charge < -0.3 is 14.8 Å². The Morgan fingerprint density at radius 2 is 1.92 bits per heavy atom. The molecule has 1 N–H and O–H groups in total. The van der Waals surface area contributed by atoms with Gasteiger partial charge in [-0.05, 0) is 36.4 Å². The number of rotatable bonds is 4. The lowest BCUT2D eigenvalue weighted by molar-refractivity contribution is -0.130. The molecule has 2 aromatic rings. The second kappa shape index (κ2) is 7.08. The molecule has 1 atom stereocenters. The number of nitrogens with one attached hydrogen (secondary N) is 1. The molecule has 1 saturated carbocycles. The van der Waals surface area contributed by atoms with E-state index in [0.717, 1.165) is 12.8 Å². The van der Waals surface area contributed by atoms with Crippen molar-refractivity contribution in [2.45, 2.75) is 43.6 Å². The lowest BCUT2D eigenvalue weighted by atomic mass is 9.73. The van der Waals surface area contributed by atoms with Gasteiger partial charge in [0.15, 0.2) is 11.5 Å². The normalized spacial score (nSPS) is 21.5. The number of fused-ring (bicyclic) bond motifs is 1. The van der Waals surface area contributed by atoms with Gasteiger partial charge in [0.05, 0.1) is 0 Å². The van der Waals surface area contributed by atoms with Crippen LogP contribution in [0.25, 0.3) is 0 Å². The summed E-state index contributed by atoms with van der Waals surface area (Å²) in [7, 11) is 0. The van der Waals surface area contributed by atoms with Crippen molar-refractivity contribution >= 4 is 17.2 Å². The second-order valence-corrected chi connectivity index (χ2v) is 7.85. The quantitative estimate of drug-likeness (QED) is 0.903. The van der Waals surface area contributed by atoms with Crippen LogP contribution >= 0.6 is 11.3 Å². The fourth-order valence-electron chi connectivity index (χ4n) is 3.84. The summed E-state index contributed by atoms with van der Waals surface area (Å²) in [6.07, 6.45) is 5.43. The maximum atomic E-state index is 12.6. The van der Waals surface area contributed by atoms with Gasteiger partial charge in [0, 0.05) is 16.8 Å². The molecule has 4 rings (SSSR count). The van der Waals surface area contributed by atoms with E-state index in [-0.39, 0.29) is 17.9 Å². The summed E-state index contributed by atoms with van der Waals surface area (Å²) in [6.45, 7) is 0.933. The Labute approximate surface area is 152 Å². The molecule has 1 aromatic carbocycles. The minimum absolute atomic E-state index is 0.0789. The fraction of sp³-hybridized carbons (Fsp3) is 0.450. The molecule has 5 heteroatoms. The number of hydrogen-bond donors (Lipinski definition) is 1. The summed E-state index contributed by atoms with van der Waals surface area (Å²) < 4.78 is 11.5. The van der Waals surface area contributed by atoms with Crippen LogP contribution in [0.4, 0.5) is 0 Å². The van der Waals surface area contributed by atoms with Gasteiger partial charge in [-0.1, -0.05) is 37.5 Å². The topological polar surface area (TPSA) is 47.6 Å². The van der Waals surface area contributed by atoms with Gasteiger partial charge in [-0.25, -0.2) is 0 Å². The molecule has 1 unspecified atom stereocenters. The van der Waals surface area contributed by atoms with Crippen molar-refractivity contribution in [3.05, 3.63) is 46.7 Å². The molecule has 1 aliphatic carbocycles. The Bertz CT molecular complexity index is 722. The Balaban J connectivity index is 1.42. The average Bonchev–Trinajstić information content (AvgIpc) is 3.22. The van der Waals surface area contributed by atoms with E-state index >= 15 is 0 Å². The van der Waals surface area contributed by atoms with E-state index in [9.17, 15) is 4.79 Å². The molecule has 2 heterocycles. The first-order valence-electron chi connectivity index (χ1n) is 8.97. The highest BCUT2D eigenvalue weighted by atomic mass is 32.1. The first-order valence-corrected chi connectivity index (χ1v) is 9.85. The SMILES string of the molecule is O=C(NCC1(c2cccs2)CCCCC1)C1COc2ccccc2O1. The minimum atomic E-state index is -0.584. The average molecular weight is 357 g/mol. The van der Waals surface area contributed by atoms with Crippen molar-refractivity contribution in [1.29, 1.82) is 0 Å². The lowest BCUT2D eigenvalue weighted by Crippen LogP contribution is -2.49. The van der Waals surface area contributed by atoms with Gasteiger partial charge in [-0.2, -0.15) is 0 Å². The van der Waals surface area contributed by atoms with Crippen molar-refractivity contribution in [2.24, 2.45) is 0 Å². The second-order valence-electron chi connectivity index (χ2n) is 6.90. The summed E-state index contributed by atoms with van der Waals surface area (Å²) in [5.41, 5.74) is 0.0789. The van der Waals surface area contributed by atoms with Crippen LogP contribution in [0, 0.1) is 0 Å². The van der Waals surface area contributed by atoms with E-state index in [1.165, 1.54) is 24.1 Å². The number of hydrogen-bond acceptors (Lipinski definition) is 4. The third-order valence-electron chi connectivity index (χ3n) is 5.26. The molecule has 1 fully saturated rings. The van der Waals surface area contributed by atoms with Gasteiger partial charge in [-0.15, -0.1) is 11.3 Å². The third-order valence-corrected chi connectivity index (χ3v) is 6.37. The van der Waals surface area contributed by atoms with Crippen LogP contribution in [0.1, 0.15) is 37.0 Å². The van der Waals surface area contributed by atoms with Crippen LogP contribution in [-0.4, -0.2) is 25.2 Å². The lowest BCUT2D eigenvalue weighted by Gasteiger charge is -2.37. The van der Waals surface area contributed by atoms with E-state index in [1.807, 2.05) is 24.3 Å². The van der Waals surface area contributed by atoms with Crippen LogP contribution < -0.4 is 14.8 Å². The molecule has 1 aliphatic heterocycles. The number of thiophene rings is 1. The molecule has 2 aliphatic rings. The maximum Gasteiger partial charge on any atom is 0.264 e. The Hall–Kier alpha value is -2.01. The largest absolute Gasteiger partial charge is 0.485 e. The summed E-state index contributed by atoms with van der Waals surface area (Å²) in [5, 5.41) is 5.27. The summed E-state index contributed by atoms with van der Waals surface area (Å²) >= 11 is 1.80. The minimum Gasteiger partial charge on any atom is -0.485 e. The molecular weight excluding hydrogens is 334 g/mol. The summed E-state index contributed by atoms with van der Waals surface area (Å²) in [4.78, 5) is 14.0. The Morgan fingerprint density at radius 1 is 1.12 bits per heavy atom. The van der Waals surface area contributed by atoms with Crippen LogP contribution in [0.5, 0.6) is 11.5 Å². The fourth-order valence-corrected chi connectivity index (χ4v) is 4.83. The van der Waals surface area contributed by atoms with Gasteiger partial charge in [0.1, 0.15) is 6.61 Å². The Morgan fingerprint density at radius 3 is 2.68 bits per heavy atom. The van der Waals surface area contributed by atoms with E-state index < -0.39 is 6.10 Å². The van der Waals surface area contributed by atoms with Gasteiger partial charge in [-0.3, -0.25) is 4.79 Å². The van der Waals surface area contributed by atoms with Crippen LogP contribution in [0.2, 0.25) is 0 Å². The number of benzene rings is 1. The highest BCUT2D eigenvalue weighted by Gasteiger charge is 2.36. The molecule has 1 aromatic heterocycles. The zero-order valence-electron chi connectivity index (χ0n) is 14.2. The number of carbonyl (C=O) groups excluding carboxylic acids is 1. The third kappa shape index (κ3) is 3.38. The van der Waals surface area contributed by atoms with Crippen molar-refractivity contribution in [1.82, 2.24) is 5.32 Å². The van der Waals surface area contributed by atoms with Gasteiger partial charge in [0.2, 0.25) is 6.10 Å². The predicted molar refractivity (Wildman–Crippen MR) is 98.4 cm³/mol. The van der Waals surface area contributed by atoms with E-state index in [4.69, 9.17) is 9.47 Å².